The molecule has 0 atom stereocenters. The van der Waals surface area contributed by atoms with Gasteiger partial charge in [-0.15, -0.1) is 0 Å². The van der Waals surface area contributed by atoms with E-state index in [1.54, 1.807) is 6.07 Å². The van der Waals surface area contributed by atoms with Crippen LogP contribution in [-0.4, -0.2) is 47.0 Å². The van der Waals surface area contributed by atoms with Crippen molar-refractivity contribution in [3.05, 3.63) is 52.7 Å². The minimum absolute atomic E-state index is 0.0710. The number of hydrogen-bond donors (Lipinski definition) is 0. The van der Waals surface area contributed by atoms with E-state index in [0.29, 0.717) is 30.5 Å². The van der Waals surface area contributed by atoms with Crippen molar-refractivity contribution in [1.82, 2.24) is 14.9 Å². The summed E-state index contributed by atoms with van der Waals surface area (Å²) in [4.78, 5) is 25.0. The number of nitrogens with zero attached hydrogens (tertiary/aromatic N) is 4. The zero-order chi connectivity index (χ0) is 17.2. The number of fused-ring (bicyclic) bond motifs is 1. The van der Waals surface area contributed by atoms with Gasteiger partial charge in [-0.1, -0.05) is 6.07 Å². The van der Waals surface area contributed by atoms with Gasteiger partial charge in [-0.2, -0.15) is 11.3 Å². The van der Waals surface area contributed by atoms with E-state index < -0.39 is 0 Å². The third-order valence-corrected chi connectivity index (χ3v) is 5.13. The SMILES string of the molecule is O=C(c1ccsc1)N1CCCN(c2ncnc3c(F)cccc23)CC1. The molecule has 1 aliphatic heterocycles. The van der Waals surface area contributed by atoms with Gasteiger partial charge in [0.2, 0.25) is 0 Å². The van der Waals surface area contributed by atoms with E-state index in [0.717, 1.165) is 24.3 Å². The zero-order valence-electron chi connectivity index (χ0n) is 13.6. The van der Waals surface area contributed by atoms with Crippen LogP contribution in [0, 0.1) is 5.82 Å². The Labute approximate surface area is 148 Å². The lowest BCUT2D eigenvalue weighted by Crippen LogP contribution is -2.35. The van der Waals surface area contributed by atoms with Gasteiger partial charge in [0.15, 0.2) is 0 Å². The number of benzene rings is 1. The number of para-hydroxylation sites is 1. The highest BCUT2D eigenvalue weighted by atomic mass is 32.1. The number of carbonyl (C=O) groups is 1. The Bertz CT molecular complexity index is 899. The Morgan fingerprint density at radius 1 is 1.12 bits per heavy atom. The molecule has 1 aliphatic rings. The standard InChI is InChI=1S/C18H17FN4OS/c19-15-4-1-3-14-16(15)20-12-21-17(14)22-6-2-7-23(9-8-22)18(24)13-5-10-25-11-13/h1,3-5,10-12H,2,6-9H2. The molecule has 0 radical (unpaired) electrons. The lowest BCUT2D eigenvalue weighted by atomic mass is 10.2. The van der Waals surface area contributed by atoms with Gasteiger partial charge in [0.25, 0.3) is 5.91 Å². The van der Waals surface area contributed by atoms with E-state index in [-0.39, 0.29) is 11.7 Å². The predicted molar refractivity (Wildman–Crippen MR) is 96.5 cm³/mol. The van der Waals surface area contributed by atoms with Crippen LogP contribution in [-0.2, 0) is 0 Å². The second-order valence-electron chi connectivity index (χ2n) is 5.98. The highest BCUT2D eigenvalue weighted by Crippen LogP contribution is 2.25. The average molecular weight is 356 g/mol. The van der Waals surface area contributed by atoms with Crippen molar-refractivity contribution < 1.29 is 9.18 Å². The molecule has 4 rings (SSSR count). The second kappa shape index (κ2) is 6.76. The maximum absolute atomic E-state index is 14.0. The number of hydrogen-bond acceptors (Lipinski definition) is 5. The van der Waals surface area contributed by atoms with Gasteiger partial charge in [-0.05, 0) is 30.0 Å². The molecule has 1 fully saturated rings. The molecule has 0 bridgehead atoms. The molecule has 0 N–H and O–H groups in total. The summed E-state index contributed by atoms with van der Waals surface area (Å²) in [5.74, 6) is 0.459. The van der Waals surface area contributed by atoms with Crippen molar-refractivity contribution >= 4 is 34.0 Å². The van der Waals surface area contributed by atoms with Crippen LogP contribution in [0.15, 0.2) is 41.4 Å². The zero-order valence-corrected chi connectivity index (χ0v) is 14.4. The maximum atomic E-state index is 14.0. The molecule has 7 heteroatoms. The van der Waals surface area contributed by atoms with E-state index in [1.165, 1.54) is 23.7 Å². The number of aromatic nitrogens is 2. The third-order valence-electron chi connectivity index (χ3n) is 4.45. The Balaban J connectivity index is 1.57. The summed E-state index contributed by atoms with van der Waals surface area (Å²) in [6.45, 7) is 2.77. The largest absolute Gasteiger partial charge is 0.354 e. The molecule has 5 nitrogen and oxygen atoms in total. The van der Waals surface area contributed by atoms with Gasteiger partial charge in [0.1, 0.15) is 23.5 Å². The Hall–Kier alpha value is -2.54. The minimum Gasteiger partial charge on any atom is -0.354 e. The summed E-state index contributed by atoms with van der Waals surface area (Å²) in [5.41, 5.74) is 1.08. The van der Waals surface area contributed by atoms with E-state index in [9.17, 15) is 9.18 Å². The first-order valence-electron chi connectivity index (χ1n) is 8.19. The number of rotatable bonds is 2. The fourth-order valence-electron chi connectivity index (χ4n) is 3.19. The van der Waals surface area contributed by atoms with E-state index in [1.807, 2.05) is 27.8 Å². The minimum atomic E-state index is -0.342. The maximum Gasteiger partial charge on any atom is 0.254 e. The van der Waals surface area contributed by atoms with Gasteiger partial charge in [0.05, 0.1) is 5.56 Å². The van der Waals surface area contributed by atoms with E-state index in [4.69, 9.17) is 0 Å². The van der Waals surface area contributed by atoms with Crippen molar-refractivity contribution in [2.75, 3.05) is 31.1 Å². The topological polar surface area (TPSA) is 49.3 Å². The molecule has 1 amide bonds. The summed E-state index contributed by atoms with van der Waals surface area (Å²) >= 11 is 1.53. The van der Waals surface area contributed by atoms with Crippen LogP contribution in [0.2, 0.25) is 0 Å². The van der Waals surface area contributed by atoms with Crippen molar-refractivity contribution in [3.63, 3.8) is 0 Å². The Kier molecular flexibility index (Phi) is 4.31. The number of halogens is 1. The summed E-state index contributed by atoms with van der Waals surface area (Å²) in [6, 6.07) is 6.78. The van der Waals surface area contributed by atoms with Gasteiger partial charge in [0, 0.05) is 36.9 Å². The van der Waals surface area contributed by atoms with Gasteiger partial charge >= 0.3 is 0 Å². The van der Waals surface area contributed by atoms with Gasteiger partial charge in [-0.25, -0.2) is 14.4 Å². The summed E-state index contributed by atoms with van der Waals surface area (Å²) in [7, 11) is 0. The summed E-state index contributed by atoms with van der Waals surface area (Å²) in [6.07, 6.45) is 2.25. The normalized spacial score (nSPS) is 15.4. The molecule has 128 valence electrons. The van der Waals surface area contributed by atoms with E-state index in [2.05, 4.69) is 14.9 Å². The molecule has 3 aromatic rings. The first-order chi connectivity index (χ1) is 12.2. The summed E-state index contributed by atoms with van der Waals surface area (Å²) in [5, 5.41) is 4.50. The van der Waals surface area contributed by atoms with Crippen molar-refractivity contribution in [3.8, 4) is 0 Å². The quantitative estimate of drug-likeness (QED) is 0.708. The molecule has 0 unspecified atom stereocenters. The molecule has 0 saturated carbocycles. The highest BCUT2D eigenvalue weighted by Gasteiger charge is 2.22. The van der Waals surface area contributed by atoms with Crippen LogP contribution in [0.25, 0.3) is 10.9 Å². The van der Waals surface area contributed by atoms with Crippen LogP contribution in [0.5, 0.6) is 0 Å². The predicted octanol–water partition coefficient (Wildman–Crippen LogP) is 3.18. The van der Waals surface area contributed by atoms with Crippen molar-refractivity contribution in [1.29, 1.82) is 0 Å². The first-order valence-corrected chi connectivity index (χ1v) is 9.14. The third kappa shape index (κ3) is 3.07. The van der Waals surface area contributed by atoms with Crippen LogP contribution in [0.4, 0.5) is 10.2 Å². The lowest BCUT2D eigenvalue weighted by molar-refractivity contribution is 0.0767. The Morgan fingerprint density at radius 3 is 2.88 bits per heavy atom. The monoisotopic (exact) mass is 356 g/mol. The molecule has 1 aromatic carbocycles. The number of carbonyl (C=O) groups excluding carboxylic acids is 1. The number of anilines is 1. The number of thiophene rings is 1. The number of amides is 1. The van der Waals surface area contributed by atoms with Crippen LogP contribution in [0.1, 0.15) is 16.8 Å². The molecule has 0 spiro atoms. The highest BCUT2D eigenvalue weighted by molar-refractivity contribution is 7.08. The van der Waals surface area contributed by atoms with Gasteiger partial charge < -0.3 is 9.80 Å². The van der Waals surface area contributed by atoms with Crippen LogP contribution < -0.4 is 4.90 Å². The molecule has 3 heterocycles. The lowest BCUT2D eigenvalue weighted by Gasteiger charge is -2.23. The molecular formula is C18H17FN4OS. The van der Waals surface area contributed by atoms with E-state index >= 15 is 0 Å². The fourth-order valence-corrected chi connectivity index (χ4v) is 3.82. The van der Waals surface area contributed by atoms with Gasteiger partial charge in [-0.3, -0.25) is 4.79 Å². The molecular weight excluding hydrogens is 339 g/mol. The molecule has 2 aromatic heterocycles. The molecule has 25 heavy (non-hydrogen) atoms. The fraction of sp³-hybridized carbons (Fsp3) is 0.278. The molecule has 0 aliphatic carbocycles. The Morgan fingerprint density at radius 2 is 2.04 bits per heavy atom. The van der Waals surface area contributed by atoms with Crippen LogP contribution in [0.3, 0.4) is 0 Å². The summed E-state index contributed by atoms with van der Waals surface area (Å²) < 4.78 is 14.0. The van der Waals surface area contributed by atoms with Crippen molar-refractivity contribution in [2.45, 2.75) is 6.42 Å². The first kappa shape index (κ1) is 16.0. The smallest absolute Gasteiger partial charge is 0.254 e. The van der Waals surface area contributed by atoms with Crippen LogP contribution >= 0.6 is 11.3 Å². The average Bonchev–Trinajstić information content (AvgIpc) is 3.06. The van der Waals surface area contributed by atoms with Crippen molar-refractivity contribution in [2.24, 2.45) is 0 Å². The second-order valence-corrected chi connectivity index (χ2v) is 6.76. The molecule has 1 saturated heterocycles.